The average Bonchev–Trinajstić information content (AvgIpc) is 2.71. The van der Waals surface area contributed by atoms with Gasteiger partial charge in [0.05, 0.1) is 11.7 Å². The molecule has 2 heterocycles. The monoisotopic (exact) mass is 428 g/mol. The molecule has 0 aliphatic carbocycles. The average molecular weight is 429 g/mol. The zero-order valence-corrected chi connectivity index (χ0v) is 17.5. The SMILES string of the molecule is C[C@H](O)CCC(=O)c1cnccc1Cc1cc(-c2cc(Cl)ccc2F)c(=O)n(C)c1. The first-order valence-corrected chi connectivity index (χ1v) is 9.93. The van der Waals surface area contributed by atoms with E-state index in [1.54, 1.807) is 38.5 Å². The van der Waals surface area contributed by atoms with Crippen molar-refractivity contribution in [1.82, 2.24) is 9.55 Å². The van der Waals surface area contributed by atoms with Crippen molar-refractivity contribution < 1.29 is 14.3 Å². The lowest BCUT2D eigenvalue weighted by molar-refractivity contribution is 0.0948. The van der Waals surface area contributed by atoms with E-state index >= 15 is 0 Å². The van der Waals surface area contributed by atoms with E-state index in [1.165, 1.54) is 29.0 Å². The summed E-state index contributed by atoms with van der Waals surface area (Å²) < 4.78 is 15.8. The quantitative estimate of drug-likeness (QED) is 0.573. The van der Waals surface area contributed by atoms with Crippen LogP contribution in [0.25, 0.3) is 11.1 Å². The van der Waals surface area contributed by atoms with Gasteiger partial charge >= 0.3 is 0 Å². The van der Waals surface area contributed by atoms with Gasteiger partial charge in [0, 0.05) is 48.2 Å². The summed E-state index contributed by atoms with van der Waals surface area (Å²) in [7, 11) is 1.60. The van der Waals surface area contributed by atoms with Gasteiger partial charge in [-0.3, -0.25) is 14.6 Å². The van der Waals surface area contributed by atoms with Gasteiger partial charge in [-0.25, -0.2) is 4.39 Å². The minimum Gasteiger partial charge on any atom is -0.393 e. The van der Waals surface area contributed by atoms with E-state index in [2.05, 4.69) is 4.98 Å². The van der Waals surface area contributed by atoms with Crippen molar-refractivity contribution in [3.8, 4) is 11.1 Å². The van der Waals surface area contributed by atoms with Gasteiger partial charge in [-0.05, 0) is 61.2 Å². The number of benzene rings is 1. The summed E-state index contributed by atoms with van der Waals surface area (Å²) in [6.45, 7) is 1.64. The molecule has 1 aromatic carbocycles. The Morgan fingerprint density at radius 2 is 2.03 bits per heavy atom. The third-order valence-corrected chi connectivity index (χ3v) is 5.09. The molecule has 0 spiro atoms. The molecule has 0 fully saturated rings. The highest BCUT2D eigenvalue weighted by atomic mass is 35.5. The van der Waals surface area contributed by atoms with Crippen molar-refractivity contribution in [3.63, 3.8) is 0 Å². The van der Waals surface area contributed by atoms with Crippen LogP contribution in [0.2, 0.25) is 5.02 Å². The molecule has 0 bridgehead atoms. The molecule has 3 aromatic rings. The zero-order chi connectivity index (χ0) is 21.8. The molecule has 5 nitrogen and oxygen atoms in total. The molecule has 0 saturated carbocycles. The molecule has 7 heteroatoms. The largest absolute Gasteiger partial charge is 0.393 e. The van der Waals surface area contributed by atoms with Gasteiger partial charge < -0.3 is 9.67 Å². The molecule has 0 saturated heterocycles. The lowest BCUT2D eigenvalue weighted by Gasteiger charge is -2.12. The lowest BCUT2D eigenvalue weighted by atomic mass is 9.96. The Hall–Kier alpha value is -2.83. The van der Waals surface area contributed by atoms with Crippen LogP contribution in [0, 0.1) is 5.82 Å². The van der Waals surface area contributed by atoms with E-state index < -0.39 is 11.9 Å². The van der Waals surface area contributed by atoms with Crippen LogP contribution in [0.4, 0.5) is 4.39 Å². The highest BCUT2D eigenvalue weighted by molar-refractivity contribution is 6.30. The van der Waals surface area contributed by atoms with Gasteiger partial charge in [-0.2, -0.15) is 0 Å². The van der Waals surface area contributed by atoms with Gasteiger partial charge in [-0.1, -0.05) is 11.6 Å². The molecule has 2 aromatic heterocycles. The first-order chi connectivity index (χ1) is 14.3. The second-order valence-electron chi connectivity index (χ2n) is 7.32. The topological polar surface area (TPSA) is 72.2 Å². The summed E-state index contributed by atoms with van der Waals surface area (Å²) in [5.74, 6) is -0.642. The summed E-state index contributed by atoms with van der Waals surface area (Å²) in [5.41, 5.74) is 1.95. The van der Waals surface area contributed by atoms with Gasteiger partial charge in [0.25, 0.3) is 5.56 Å². The van der Waals surface area contributed by atoms with Crippen LogP contribution in [0.3, 0.4) is 0 Å². The predicted octanol–water partition coefficient (Wildman–Crippen LogP) is 4.17. The van der Waals surface area contributed by atoms with Gasteiger partial charge in [0.15, 0.2) is 5.78 Å². The molecule has 1 N–H and O–H groups in total. The molecule has 30 heavy (non-hydrogen) atoms. The molecule has 0 unspecified atom stereocenters. The predicted molar refractivity (Wildman–Crippen MR) is 114 cm³/mol. The van der Waals surface area contributed by atoms with Crippen molar-refractivity contribution in [1.29, 1.82) is 0 Å². The van der Waals surface area contributed by atoms with E-state index in [0.29, 0.717) is 23.4 Å². The molecular weight excluding hydrogens is 407 g/mol. The number of ketones is 1. The fourth-order valence-electron chi connectivity index (χ4n) is 3.30. The number of aliphatic hydroxyl groups is 1. The third-order valence-electron chi connectivity index (χ3n) is 4.85. The Kier molecular flexibility index (Phi) is 6.80. The van der Waals surface area contributed by atoms with Crippen LogP contribution < -0.4 is 5.56 Å². The minimum atomic E-state index is -0.562. The van der Waals surface area contributed by atoms with E-state index in [4.69, 9.17) is 11.6 Å². The highest BCUT2D eigenvalue weighted by Gasteiger charge is 2.16. The van der Waals surface area contributed by atoms with Crippen LogP contribution >= 0.6 is 11.6 Å². The number of rotatable bonds is 7. The standard InChI is InChI=1S/C23H22ClFN2O3/c1-14(28)3-6-22(29)20-12-26-8-7-16(20)9-15-10-19(23(30)27(2)13-15)18-11-17(24)4-5-21(18)25/h4-5,7-8,10-14,28H,3,6,9H2,1-2H3/t14-/m0/s1. The molecule has 0 amide bonds. The minimum absolute atomic E-state index is 0.107. The van der Waals surface area contributed by atoms with Crippen LogP contribution in [0.15, 0.2) is 53.7 Å². The first kappa shape index (κ1) is 21.9. The molecule has 0 radical (unpaired) electrons. The fourth-order valence-corrected chi connectivity index (χ4v) is 3.47. The number of carbonyl (C=O) groups excluding carboxylic acids is 1. The molecule has 3 rings (SSSR count). The number of aromatic nitrogens is 2. The fraction of sp³-hybridized carbons (Fsp3) is 0.261. The van der Waals surface area contributed by atoms with Crippen molar-refractivity contribution in [2.24, 2.45) is 7.05 Å². The molecular formula is C23H22ClFN2O3. The summed E-state index contributed by atoms with van der Waals surface area (Å²) >= 11 is 6.00. The Balaban J connectivity index is 1.99. The number of hydrogen-bond acceptors (Lipinski definition) is 4. The van der Waals surface area contributed by atoms with E-state index in [1.807, 2.05) is 0 Å². The number of carbonyl (C=O) groups is 1. The van der Waals surface area contributed by atoms with Crippen molar-refractivity contribution in [3.05, 3.63) is 86.8 Å². The number of nitrogens with zero attached hydrogens (tertiary/aromatic N) is 2. The highest BCUT2D eigenvalue weighted by Crippen LogP contribution is 2.25. The lowest BCUT2D eigenvalue weighted by Crippen LogP contribution is -2.19. The smallest absolute Gasteiger partial charge is 0.258 e. The van der Waals surface area contributed by atoms with Gasteiger partial charge in [-0.15, -0.1) is 0 Å². The Bertz CT molecular complexity index is 1140. The van der Waals surface area contributed by atoms with Crippen LogP contribution in [-0.2, 0) is 13.5 Å². The Labute approximate surface area is 178 Å². The van der Waals surface area contributed by atoms with Crippen molar-refractivity contribution >= 4 is 17.4 Å². The van der Waals surface area contributed by atoms with Gasteiger partial charge in [0.2, 0.25) is 0 Å². The number of hydrogen-bond donors (Lipinski definition) is 1. The molecule has 1 atom stereocenters. The van der Waals surface area contributed by atoms with Gasteiger partial charge in [0.1, 0.15) is 5.82 Å². The maximum atomic E-state index is 14.4. The summed E-state index contributed by atoms with van der Waals surface area (Å²) in [4.78, 5) is 29.3. The van der Waals surface area contributed by atoms with E-state index in [9.17, 15) is 19.1 Å². The molecule has 0 aliphatic rings. The summed E-state index contributed by atoms with van der Waals surface area (Å²) in [5, 5.41) is 9.78. The number of Topliss-reactive ketones (excluding diaryl/α,β-unsaturated/α-hetero) is 1. The maximum Gasteiger partial charge on any atom is 0.258 e. The second-order valence-corrected chi connectivity index (χ2v) is 7.76. The van der Waals surface area contributed by atoms with Crippen LogP contribution in [0.1, 0.15) is 41.3 Å². The van der Waals surface area contributed by atoms with Crippen LogP contribution in [0.5, 0.6) is 0 Å². The maximum absolute atomic E-state index is 14.4. The zero-order valence-electron chi connectivity index (χ0n) is 16.7. The van der Waals surface area contributed by atoms with Crippen molar-refractivity contribution in [2.45, 2.75) is 32.3 Å². The second kappa shape index (κ2) is 9.32. The van der Waals surface area contributed by atoms with Crippen molar-refractivity contribution in [2.75, 3.05) is 0 Å². The van der Waals surface area contributed by atoms with Crippen LogP contribution in [-0.4, -0.2) is 26.5 Å². The summed E-state index contributed by atoms with van der Waals surface area (Å²) in [6.07, 6.45) is 5.15. The summed E-state index contributed by atoms with van der Waals surface area (Å²) in [6, 6.07) is 7.46. The Morgan fingerprint density at radius 3 is 2.77 bits per heavy atom. The number of aliphatic hydroxyl groups excluding tert-OH is 1. The molecule has 0 aliphatic heterocycles. The number of halogens is 2. The Morgan fingerprint density at radius 1 is 1.27 bits per heavy atom. The number of pyridine rings is 2. The van der Waals surface area contributed by atoms with E-state index in [0.717, 1.165) is 11.1 Å². The van der Waals surface area contributed by atoms with E-state index in [-0.39, 0.29) is 28.9 Å². The first-order valence-electron chi connectivity index (χ1n) is 9.55. The molecule has 156 valence electrons. The number of aryl methyl sites for hydroxylation is 1. The normalized spacial score (nSPS) is 12.0. The third kappa shape index (κ3) is 5.01.